The summed E-state index contributed by atoms with van der Waals surface area (Å²) in [6.45, 7) is 0. The molecule has 0 radical (unpaired) electrons. The Hall–Kier alpha value is -2.89. The predicted octanol–water partition coefficient (Wildman–Crippen LogP) is 2.15. The summed E-state index contributed by atoms with van der Waals surface area (Å²) < 4.78 is 5.05. The monoisotopic (exact) mass is 312 g/mol. The molecule has 0 saturated carbocycles. The molecule has 1 aromatic carbocycles. The van der Waals surface area contributed by atoms with Gasteiger partial charge in [-0.25, -0.2) is 0 Å². The number of anilines is 1. The van der Waals surface area contributed by atoms with Crippen LogP contribution in [0.5, 0.6) is 5.75 Å². The van der Waals surface area contributed by atoms with Crippen LogP contribution in [0.3, 0.4) is 0 Å². The van der Waals surface area contributed by atoms with Crippen LogP contribution in [-0.4, -0.2) is 23.8 Å². The van der Waals surface area contributed by atoms with Crippen molar-refractivity contribution in [2.75, 3.05) is 12.4 Å². The lowest BCUT2D eigenvalue weighted by molar-refractivity contribution is 0.0971. The van der Waals surface area contributed by atoms with E-state index in [-0.39, 0.29) is 11.3 Å². The van der Waals surface area contributed by atoms with Gasteiger partial charge < -0.3 is 15.0 Å². The Kier molecular flexibility index (Phi) is 3.97. The largest absolute Gasteiger partial charge is 0.497 e. The maximum atomic E-state index is 12.3. The number of amides is 1. The molecule has 118 valence electrons. The van der Waals surface area contributed by atoms with Crippen molar-refractivity contribution in [2.24, 2.45) is 0 Å². The first-order chi connectivity index (χ1) is 11.1. The van der Waals surface area contributed by atoms with E-state index in [1.165, 1.54) is 6.07 Å². The quantitative estimate of drug-likeness (QED) is 0.909. The molecule has 0 aliphatic heterocycles. The highest BCUT2D eigenvalue weighted by Crippen LogP contribution is 2.20. The Balaban J connectivity index is 1.88. The molecule has 0 fully saturated rings. The minimum absolute atomic E-state index is 0.0407. The summed E-state index contributed by atoms with van der Waals surface area (Å²) in [5.41, 5.74) is 1.06. The number of carbonyl (C=O) groups excluding carboxylic acids is 2. The van der Waals surface area contributed by atoms with Crippen molar-refractivity contribution in [1.29, 1.82) is 0 Å². The number of hydrogen-bond acceptors (Lipinski definition) is 4. The first-order valence-corrected chi connectivity index (χ1v) is 7.33. The first kappa shape index (κ1) is 15.0. The molecular weight excluding hydrogens is 296 g/mol. The number of nitrogens with one attached hydrogen (secondary N) is 2. The summed E-state index contributed by atoms with van der Waals surface area (Å²) in [5, 5.41) is 2.65. The second-order valence-electron chi connectivity index (χ2n) is 5.36. The van der Waals surface area contributed by atoms with Crippen LogP contribution in [0.15, 0.2) is 35.1 Å². The average molecular weight is 312 g/mol. The molecule has 2 aromatic rings. The number of ether oxygens (including phenoxy) is 1. The smallest absolute Gasteiger partial charge is 0.261 e. The van der Waals surface area contributed by atoms with E-state index in [0.29, 0.717) is 35.5 Å². The zero-order chi connectivity index (χ0) is 16.4. The van der Waals surface area contributed by atoms with Gasteiger partial charge in [-0.3, -0.25) is 14.4 Å². The summed E-state index contributed by atoms with van der Waals surface area (Å²) in [6, 6.07) is 8.16. The molecular formula is C17H16N2O4. The van der Waals surface area contributed by atoms with Crippen molar-refractivity contribution in [3.05, 3.63) is 57.5 Å². The summed E-state index contributed by atoms with van der Waals surface area (Å²) in [4.78, 5) is 39.0. The Morgan fingerprint density at radius 3 is 2.61 bits per heavy atom. The van der Waals surface area contributed by atoms with Crippen LogP contribution < -0.4 is 15.6 Å². The minimum Gasteiger partial charge on any atom is -0.497 e. The van der Waals surface area contributed by atoms with Gasteiger partial charge in [0, 0.05) is 23.4 Å². The highest BCUT2D eigenvalue weighted by molar-refractivity contribution is 6.06. The van der Waals surface area contributed by atoms with Crippen molar-refractivity contribution >= 4 is 17.4 Å². The average Bonchev–Trinajstić information content (AvgIpc) is 2.55. The number of aryl methyl sites for hydroxylation is 1. The van der Waals surface area contributed by atoms with Gasteiger partial charge in [-0.05, 0) is 43.2 Å². The number of pyridine rings is 1. The molecule has 0 spiro atoms. The molecule has 6 heteroatoms. The van der Waals surface area contributed by atoms with E-state index >= 15 is 0 Å². The molecule has 1 heterocycles. The van der Waals surface area contributed by atoms with Gasteiger partial charge in [-0.2, -0.15) is 0 Å². The molecule has 6 nitrogen and oxygen atoms in total. The normalized spacial score (nSPS) is 13.3. The summed E-state index contributed by atoms with van der Waals surface area (Å²) >= 11 is 0. The van der Waals surface area contributed by atoms with E-state index in [1.807, 2.05) is 0 Å². The molecule has 0 saturated heterocycles. The van der Waals surface area contributed by atoms with Gasteiger partial charge in [0.25, 0.3) is 11.5 Å². The van der Waals surface area contributed by atoms with E-state index in [2.05, 4.69) is 10.3 Å². The Labute approximate surface area is 132 Å². The molecule has 1 amide bonds. The van der Waals surface area contributed by atoms with Crippen LogP contribution in [0.4, 0.5) is 5.69 Å². The van der Waals surface area contributed by atoms with Crippen LogP contribution in [0, 0.1) is 0 Å². The second-order valence-corrected chi connectivity index (χ2v) is 5.36. The fourth-order valence-corrected chi connectivity index (χ4v) is 2.62. The number of carbonyl (C=O) groups is 2. The molecule has 1 aromatic heterocycles. The number of fused-ring (bicyclic) bond motifs is 1. The maximum absolute atomic E-state index is 12.3. The lowest BCUT2D eigenvalue weighted by Gasteiger charge is -2.15. The molecule has 3 rings (SSSR count). The Morgan fingerprint density at radius 2 is 1.91 bits per heavy atom. The third-order valence-corrected chi connectivity index (χ3v) is 3.85. The molecule has 0 bridgehead atoms. The van der Waals surface area contributed by atoms with Crippen LogP contribution in [-0.2, 0) is 6.42 Å². The van der Waals surface area contributed by atoms with Gasteiger partial charge in [0.05, 0.1) is 7.11 Å². The third kappa shape index (κ3) is 3.01. The molecule has 1 aliphatic carbocycles. The lowest BCUT2D eigenvalue weighted by atomic mass is 9.93. The molecule has 23 heavy (non-hydrogen) atoms. The number of aromatic amines is 1. The SMILES string of the molecule is COc1ccc(NC(=O)c2cc3c([nH]c2=O)CCCC3=O)cc1. The van der Waals surface area contributed by atoms with Crippen molar-refractivity contribution in [3.8, 4) is 5.75 Å². The molecule has 1 aliphatic rings. The number of H-pyrrole nitrogens is 1. The zero-order valence-electron chi connectivity index (χ0n) is 12.6. The Morgan fingerprint density at radius 1 is 1.17 bits per heavy atom. The maximum Gasteiger partial charge on any atom is 0.261 e. The number of benzene rings is 1. The molecule has 0 unspecified atom stereocenters. The summed E-state index contributed by atoms with van der Waals surface area (Å²) in [7, 11) is 1.55. The third-order valence-electron chi connectivity index (χ3n) is 3.85. The number of rotatable bonds is 3. The first-order valence-electron chi connectivity index (χ1n) is 7.33. The predicted molar refractivity (Wildman–Crippen MR) is 85.3 cm³/mol. The van der Waals surface area contributed by atoms with Crippen LogP contribution in [0.2, 0.25) is 0 Å². The number of aromatic nitrogens is 1. The van der Waals surface area contributed by atoms with Gasteiger partial charge >= 0.3 is 0 Å². The zero-order valence-corrected chi connectivity index (χ0v) is 12.6. The summed E-state index contributed by atoms with van der Waals surface area (Å²) in [5.74, 6) is 0.0822. The van der Waals surface area contributed by atoms with E-state index in [0.717, 1.165) is 6.42 Å². The van der Waals surface area contributed by atoms with Crippen molar-refractivity contribution in [3.63, 3.8) is 0 Å². The van der Waals surface area contributed by atoms with Crippen molar-refractivity contribution in [2.45, 2.75) is 19.3 Å². The molecule has 2 N–H and O–H groups in total. The topological polar surface area (TPSA) is 88.3 Å². The van der Waals surface area contributed by atoms with Crippen molar-refractivity contribution in [1.82, 2.24) is 4.98 Å². The highest BCUT2D eigenvalue weighted by Gasteiger charge is 2.22. The number of Topliss-reactive ketones (excluding diaryl/α,β-unsaturated/α-hetero) is 1. The van der Waals surface area contributed by atoms with E-state index in [4.69, 9.17) is 4.74 Å². The van der Waals surface area contributed by atoms with E-state index < -0.39 is 11.5 Å². The fourth-order valence-electron chi connectivity index (χ4n) is 2.62. The number of methoxy groups -OCH3 is 1. The second kappa shape index (κ2) is 6.08. The van der Waals surface area contributed by atoms with Gasteiger partial charge in [-0.1, -0.05) is 0 Å². The van der Waals surface area contributed by atoms with Crippen LogP contribution >= 0.6 is 0 Å². The number of ketones is 1. The van der Waals surface area contributed by atoms with Crippen molar-refractivity contribution < 1.29 is 14.3 Å². The van der Waals surface area contributed by atoms with Crippen LogP contribution in [0.25, 0.3) is 0 Å². The summed E-state index contributed by atoms with van der Waals surface area (Å²) in [6.07, 6.45) is 1.81. The van der Waals surface area contributed by atoms with Gasteiger partial charge in [0.2, 0.25) is 0 Å². The lowest BCUT2D eigenvalue weighted by Crippen LogP contribution is -2.27. The van der Waals surface area contributed by atoms with E-state index in [1.54, 1.807) is 31.4 Å². The Bertz CT molecular complexity index is 821. The highest BCUT2D eigenvalue weighted by atomic mass is 16.5. The number of hydrogen-bond donors (Lipinski definition) is 2. The molecule has 0 atom stereocenters. The van der Waals surface area contributed by atoms with Gasteiger partial charge in [0.15, 0.2) is 5.78 Å². The van der Waals surface area contributed by atoms with Gasteiger partial charge in [-0.15, -0.1) is 0 Å². The fraction of sp³-hybridized carbons (Fsp3) is 0.235. The standard InChI is InChI=1S/C17H16N2O4/c1-23-11-7-5-10(6-8-11)18-16(21)13-9-12-14(19-17(13)22)3-2-4-15(12)20/h5-9H,2-4H2,1H3,(H,18,21)(H,19,22). The van der Waals surface area contributed by atoms with Gasteiger partial charge in [0.1, 0.15) is 11.3 Å². The van der Waals surface area contributed by atoms with Crippen LogP contribution in [0.1, 0.15) is 39.3 Å². The van der Waals surface area contributed by atoms with E-state index in [9.17, 15) is 14.4 Å². The minimum atomic E-state index is -0.544.